The highest BCUT2D eigenvalue weighted by atomic mass is 35.8. The maximum absolute atomic E-state index is 5.47. The van der Waals surface area contributed by atoms with Crippen molar-refractivity contribution >= 4 is 50.8 Å². The molecule has 0 bridgehead atoms. The van der Waals surface area contributed by atoms with Crippen molar-refractivity contribution in [1.82, 2.24) is 0 Å². The lowest BCUT2D eigenvalue weighted by Gasteiger charge is -2.06. The van der Waals surface area contributed by atoms with E-state index < -0.39 is 6.00 Å². The van der Waals surface area contributed by atoms with Gasteiger partial charge in [0, 0.05) is 5.88 Å². The van der Waals surface area contributed by atoms with E-state index in [9.17, 15) is 0 Å². The Morgan fingerprint density at radius 2 is 1.75 bits per heavy atom. The Kier molecular flexibility index (Phi) is 3.79. The average Bonchev–Trinajstić information content (AvgIpc) is 1.62. The Hall–Kier alpha value is 1.12. The molecule has 0 fully saturated rings. The van der Waals surface area contributed by atoms with Crippen molar-refractivity contribution in [3.05, 3.63) is 11.8 Å². The Morgan fingerprint density at radius 3 is 1.75 bits per heavy atom. The zero-order chi connectivity index (χ0) is 6.78. The van der Waals surface area contributed by atoms with E-state index >= 15 is 0 Å². The molecule has 0 radical (unpaired) electrons. The molecule has 0 N–H and O–H groups in total. The molecule has 0 aromatic rings. The molecule has 0 saturated carbocycles. The van der Waals surface area contributed by atoms with Crippen LogP contribution in [0.25, 0.3) is 0 Å². The quantitative estimate of drug-likeness (QED) is 0.373. The smallest absolute Gasteiger partial charge is 0.122 e. The summed E-state index contributed by atoms with van der Waals surface area (Å²) >= 11 is 21.7. The second-order valence-electron chi connectivity index (χ2n) is 1.23. The first-order chi connectivity index (χ1) is 3.48. The first kappa shape index (κ1) is 9.12. The van der Waals surface area contributed by atoms with Gasteiger partial charge in [-0.1, -0.05) is 6.58 Å². The van der Waals surface area contributed by atoms with Crippen LogP contribution in [0.3, 0.4) is 0 Å². The Morgan fingerprint density at radius 1 is 1.38 bits per heavy atom. The third kappa shape index (κ3) is 3.20. The third-order valence-corrected chi connectivity index (χ3v) is 4.49. The summed E-state index contributed by atoms with van der Waals surface area (Å²) < 4.78 is 0. The molecule has 5 heteroatoms. The summed E-state index contributed by atoms with van der Waals surface area (Å²) in [6.07, 6.45) is 0. The molecule has 0 aromatic heterocycles. The lowest BCUT2D eigenvalue weighted by atomic mass is 10.7. The molecule has 0 aromatic carbocycles. The van der Waals surface area contributed by atoms with Crippen LogP contribution in [0.4, 0.5) is 0 Å². The van der Waals surface area contributed by atoms with E-state index in [0.29, 0.717) is 5.20 Å². The number of allylic oxidation sites excluding steroid dienone is 1. The zero-order valence-corrected chi connectivity index (χ0v) is 7.95. The van der Waals surface area contributed by atoms with Crippen LogP contribution in [-0.4, -0.2) is 11.9 Å². The second-order valence-corrected chi connectivity index (χ2v) is 10.0. The molecule has 48 valence electrons. The van der Waals surface area contributed by atoms with Crippen LogP contribution in [0.5, 0.6) is 0 Å². The summed E-state index contributed by atoms with van der Waals surface area (Å²) in [7, 11) is 0. The zero-order valence-electron chi connectivity index (χ0n) is 3.93. The van der Waals surface area contributed by atoms with Crippen molar-refractivity contribution in [2.24, 2.45) is 0 Å². The second kappa shape index (κ2) is 3.33. The van der Waals surface area contributed by atoms with Gasteiger partial charge in [-0.15, -0.1) is 44.8 Å². The molecular weight excluding hydrogens is 206 g/mol. The molecule has 0 heterocycles. The Bertz CT molecular complexity index is 93.9. The van der Waals surface area contributed by atoms with E-state index in [1.165, 1.54) is 0 Å². The summed E-state index contributed by atoms with van der Waals surface area (Å²) in [5.74, 6) is 0.239. The van der Waals surface area contributed by atoms with Gasteiger partial charge < -0.3 is 0 Å². The largest absolute Gasteiger partial charge is 0.369 e. The minimum atomic E-state index is -2.67. The van der Waals surface area contributed by atoms with Crippen LogP contribution in [0.15, 0.2) is 11.8 Å². The van der Waals surface area contributed by atoms with E-state index in [-0.39, 0.29) is 5.88 Å². The highest BCUT2D eigenvalue weighted by Gasteiger charge is 2.28. The number of halogens is 4. The van der Waals surface area contributed by atoms with Crippen LogP contribution >= 0.6 is 44.8 Å². The Labute approximate surface area is 68.5 Å². The summed E-state index contributed by atoms with van der Waals surface area (Å²) in [6.45, 7) is 3.48. The van der Waals surface area contributed by atoms with Gasteiger partial charge in [0.2, 0.25) is 0 Å². The van der Waals surface area contributed by atoms with Gasteiger partial charge >= 0.3 is 6.00 Å². The summed E-state index contributed by atoms with van der Waals surface area (Å²) in [4.78, 5) is 0. The van der Waals surface area contributed by atoms with Crippen molar-refractivity contribution in [3.8, 4) is 0 Å². The first-order valence-corrected chi connectivity index (χ1v) is 7.36. The lowest BCUT2D eigenvalue weighted by Crippen LogP contribution is -2.14. The molecule has 0 aliphatic rings. The van der Waals surface area contributed by atoms with Crippen molar-refractivity contribution in [2.75, 3.05) is 5.88 Å². The lowest BCUT2D eigenvalue weighted by molar-refractivity contribution is 1.70. The average molecular weight is 210 g/mol. The van der Waals surface area contributed by atoms with Crippen LogP contribution in [0.1, 0.15) is 0 Å². The predicted molar refractivity (Wildman–Crippen MR) is 43.2 cm³/mol. The van der Waals surface area contributed by atoms with Gasteiger partial charge in [0.05, 0.1) is 0 Å². The molecule has 0 unspecified atom stereocenters. The summed E-state index contributed by atoms with van der Waals surface area (Å²) in [5, 5.41) is 0.532. The first-order valence-electron chi connectivity index (χ1n) is 1.79. The number of hydrogen-bond acceptors (Lipinski definition) is 0. The molecule has 0 aliphatic heterocycles. The molecule has 0 aliphatic carbocycles. The van der Waals surface area contributed by atoms with Crippen molar-refractivity contribution in [1.29, 1.82) is 0 Å². The van der Waals surface area contributed by atoms with Gasteiger partial charge in [-0.25, -0.2) is 0 Å². The molecule has 0 rings (SSSR count). The van der Waals surface area contributed by atoms with Crippen LogP contribution in [0.2, 0.25) is 0 Å². The standard InChI is InChI=1S/C3H4Cl4Si/c1-3(2-4)8(5,6)7/h1-2H2. The van der Waals surface area contributed by atoms with E-state index in [1.54, 1.807) is 0 Å². The maximum atomic E-state index is 5.47. The minimum absolute atomic E-state index is 0.239. The molecule has 0 spiro atoms. The molecular formula is C3H4Cl4Si. The molecule has 8 heavy (non-hydrogen) atoms. The topological polar surface area (TPSA) is 0 Å². The van der Waals surface area contributed by atoms with E-state index in [1.807, 2.05) is 0 Å². The fraction of sp³-hybridized carbons (Fsp3) is 0.333. The van der Waals surface area contributed by atoms with Crippen LogP contribution in [-0.2, 0) is 0 Å². The SMILES string of the molecule is C=C(CCl)[Si](Cl)(Cl)Cl. The number of rotatable bonds is 2. The molecule has 0 nitrogen and oxygen atoms in total. The monoisotopic (exact) mass is 208 g/mol. The summed E-state index contributed by atoms with van der Waals surface area (Å²) in [5.41, 5.74) is 0. The van der Waals surface area contributed by atoms with Gasteiger partial charge in [-0.3, -0.25) is 0 Å². The minimum Gasteiger partial charge on any atom is -0.122 e. The summed E-state index contributed by atoms with van der Waals surface area (Å²) in [6, 6.07) is -2.67. The maximum Gasteiger partial charge on any atom is 0.369 e. The van der Waals surface area contributed by atoms with Crippen molar-refractivity contribution in [2.45, 2.75) is 0 Å². The highest BCUT2D eigenvalue weighted by Crippen LogP contribution is 2.27. The third-order valence-electron chi connectivity index (χ3n) is 0.562. The Balaban J connectivity index is 3.82. The van der Waals surface area contributed by atoms with E-state index in [0.717, 1.165) is 0 Å². The van der Waals surface area contributed by atoms with Gasteiger partial charge in [0.15, 0.2) is 0 Å². The molecule has 0 amide bonds. The van der Waals surface area contributed by atoms with Crippen LogP contribution in [0, 0.1) is 0 Å². The molecule has 0 saturated heterocycles. The predicted octanol–water partition coefficient (Wildman–Crippen LogP) is 2.98. The van der Waals surface area contributed by atoms with E-state index in [2.05, 4.69) is 6.58 Å². The van der Waals surface area contributed by atoms with Gasteiger partial charge in [-0.2, -0.15) is 0 Å². The van der Waals surface area contributed by atoms with Crippen LogP contribution < -0.4 is 0 Å². The highest BCUT2D eigenvalue weighted by molar-refractivity contribution is 7.67. The number of hydrogen-bond donors (Lipinski definition) is 0. The fourth-order valence-electron chi connectivity index (χ4n) is 0.0758. The van der Waals surface area contributed by atoms with Gasteiger partial charge in [-0.05, 0) is 5.20 Å². The fourth-order valence-corrected chi connectivity index (χ4v) is 2.05. The number of alkyl halides is 1. The van der Waals surface area contributed by atoms with Crippen molar-refractivity contribution in [3.63, 3.8) is 0 Å². The van der Waals surface area contributed by atoms with Crippen molar-refractivity contribution < 1.29 is 0 Å². The van der Waals surface area contributed by atoms with Gasteiger partial charge in [0.25, 0.3) is 0 Å². The molecule has 0 atom stereocenters. The van der Waals surface area contributed by atoms with E-state index in [4.69, 9.17) is 44.8 Å². The van der Waals surface area contributed by atoms with Gasteiger partial charge in [0.1, 0.15) is 0 Å². The normalized spacial score (nSPS) is 11.5.